The van der Waals surface area contributed by atoms with Crippen LogP contribution >= 0.6 is 24.0 Å². The first-order valence-electron chi connectivity index (χ1n) is 5.00. The monoisotopic (exact) mass is 274 g/mol. The average Bonchev–Trinajstić information content (AvgIpc) is 2.27. The zero-order chi connectivity index (χ0) is 12.0. The van der Waals surface area contributed by atoms with E-state index in [4.69, 9.17) is 17.3 Å². The van der Waals surface area contributed by atoms with E-state index in [2.05, 4.69) is 11.9 Å². The van der Waals surface area contributed by atoms with E-state index < -0.39 is 6.04 Å². The molecule has 1 atom stereocenters. The molecule has 0 aliphatic rings. The van der Waals surface area contributed by atoms with Gasteiger partial charge in [-0.3, -0.25) is 4.79 Å². The molecule has 3 nitrogen and oxygen atoms in total. The normalized spacial score (nSPS) is 11.2. The lowest BCUT2D eigenvalue weighted by molar-refractivity contribution is -0.122. The molecule has 0 aliphatic heterocycles. The van der Waals surface area contributed by atoms with Gasteiger partial charge in [0.2, 0.25) is 5.91 Å². The molecule has 0 aliphatic carbocycles. The van der Waals surface area contributed by atoms with Crippen LogP contribution in [0.1, 0.15) is 5.56 Å². The van der Waals surface area contributed by atoms with Crippen molar-refractivity contribution < 1.29 is 4.79 Å². The molecule has 0 saturated heterocycles. The molecule has 0 aromatic heterocycles. The highest BCUT2D eigenvalue weighted by Gasteiger charge is 2.13. The molecule has 1 unspecified atom stereocenters. The summed E-state index contributed by atoms with van der Waals surface area (Å²) in [5.74, 6) is -0.217. The molecule has 0 fully saturated rings. The third-order valence-corrected chi connectivity index (χ3v) is 2.22. The molecule has 0 saturated carbocycles. The lowest BCUT2D eigenvalue weighted by Gasteiger charge is -2.11. The second kappa shape index (κ2) is 8.12. The Morgan fingerprint density at radius 3 is 2.53 bits per heavy atom. The van der Waals surface area contributed by atoms with Crippen LogP contribution in [0.2, 0.25) is 0 Å². The van der Waals surface area contributed by atoms with Crippen LogP contribution in [0.3, 0.4) is 0 Å². The van der Waals surface area contributed by atoms with Crippen LogP contribution in [0.4, 0.5) is 0 Å². The van der Waals surface area contributed by atoms with Gasteiger partial charge in [-0.1, -0.05) is 48.5 Å². The number of benzene rings is 1. The minimum Gasteiger partial charge on any atom is -0.350 e. The van der Waals surface area contributed by atoms with Crippen LogP contribution in [0, 0.1) is 0 Å². The number of rotatable bonds is 5. The minimum atomic E-state index is -0.557. The maximum absolute atomic E-state index is 11.5. The fraction of sp³-hybridized carbons (Fsp3) is 0.250. The van der Waals surface area contributed by atoms with E-state index in [1.165, 1.54) is 0 Å². The molecule has 1 aromatic carbocycles. The number of nitrogens with two attached hydrogens (primary N) is 1. The molecule has 1 rings (SSSR count). The number of hydrogen-bond donors (Lipinski definition) is 2. The molecule has 0 bridgehead atoms. The Labute approximate surface area is 112 Å². The molecular formula is C12H16Cl2N2O. The maximum Gasteiger partial charge on any atom is 0.237 e. The fourth-order valence-corrected chi connectivity index (χ4v) is 1.34. The van der Waals surface area contributed by atoms with Crippen LogP contribution in [0.15, 0.2) is 41.9 Å². The average molecular weight is 275 g/mol. The van der Waals surface area contributed by atoms with E-state index in [0.29, 0.717) is 11.5 Å². The number of nitrogens with one attached hydrogen (secondary N) is 1. The van der Waals surface area contributed by atoms with Crippen LogP contribution in [-0.2, 0) is 11.2 Å². The van der Waals surface area contributed by atoms with E-state index in [1.807, 2.05) is 30.3 Å². The highest BCUT2D eigenvalue weighted by atomic mass is 35.5. The van der Waals surface area contributed by atoms with Gasteiger partial charge >= 0.3 is 0 Å². The van der Waals surface area contributed by atoms with Crippen molar-refractivity contribution in [2.24, 2.45) is 5.73 Å². The van der Waals surface area contributed by atoms with Gasteiger partial charge in [-0.2, -0.15) is 0 Å². The number of amides is 1. The largest absolute Gasteiger partial charge is 0.350 e. The predicted octanol–water partition coefficient (Wildman–Crippen LogP) is 1.85. The fourth-order valence-electron chi connectivity index (χ4n) is 1.27. The van der Waals surface area contributed by atoms with Gasteiger partial charge in [-0.25, -0.2) is 0 Å². The first-order valence-corrected chi connectivity index (χ1v) is 5.38. The van der Waals surface area contributed by atoms with Gasteiger partial charge in [0.05, 0.1) is 12.6 Å². The number of hydrogen-bond acceptors (Lipinski definition) is 2. The van der Waals surface area contributed by atoms with Gasteiger partial charge in [0.25, 0.3) is 0 Å². The molecule has 1 amide bonds. The van der Waals surface area contributed by atoms with E-state index >= 15 is 0 Å². The molecule has 5 heteroatoms. The van der Waals surface area contributed by atoms with E-state index in [9.17, 15) is 4.79 Å². The molecule has 0 radical (unpaired) electrons. The summed E-state index contributed by atoms with van der Waals surface area (Å²) in [4.78, 5) is 11.5. The molecule has 1 aromatic rings. The second-order valence-corrected chi connectivity index (χ2v) is 4.07. The number of carbonyl (C=O) groups is 1. The van der Waals surface area contributed by atoms with E-state index in [-0.39, 0.29) is 24.9 Å². The standard InChI is InChI=1S/C12H15ClN2O.ClH/c1-9(13)8-15-12(16)11(14)7-10-5-3-2-4-6-10;/h2-6,11H,1,7-8,14H2,(H,15,16);1H. The highest BCUT2D eigenvalue weighted by molar-refractivity contribution is 6.29. The Bertz CT molecular complexity index is 368. The van der Waals surface area contributed by atoms with Crippen molar-refractivity contribution in [1.82, 2.24) is 5.32 Å². The summed E-state index contributed by atoms with van der Waals surface area (Å²) in [6, 6.07) is 9.08. The second-order valence-electron chi connectivity index (χ2n) is 3.53. The summed E-state index contributed by atoms with van der Waals surface area (Å²) in [5, 5.41) is 3.00. The van der Waals surface area contributed by atoms with E-state index in [1.54, 1.807) is 0 Å². The van der Waals surface area contributed by atoms with Crippen molar-refractivity contribution in [3.8, 4) is 0 Å². The van der Waals surface area contributed by atoms with Gasteiger partial charge < -0.3 is 11.1 Å². The Morgan fingerprint density at radius 2 is 2.00 bits per heavy atom. The molecule has 0 heterocycles. The minimum absolute atomic E-state index is 0. The first-order chi connectivity index (χ1) is 7.59. The lowest BCUT2D eigenvalue weighted by atomic mass is 10.1. The third kappa shape index (κ3) is 6.31. The van der Waals surface area contributed by atoms with Crippen LogP contribution < -0.4 is 11.1 Å². The zero-order valence-corrected chi connectivity index (χ0v) is 10.9. The Balaban J connectivity index is 0.00000256. The highest BCUT2D eigenvalue weighted by Crippen LogP contribution is 2.02. The van der Waals surface area contributed by atoms with Gasteiger partial charge in [0, 0.05) is 5.03 Å². The third-order valence-electron chi connectivity index (χ3n) is 2.09. The van der Waals surface area contributed by atoms with E-state index in [0.717, 1.165) is 5.56 Å². The van der Waals surface area contributed by atoms with Gasteiger partial charge in [0.1, 0.15) is 0 Å². The summed E-state index contributed by atoms with van der Waals surface area (Å²) in [7, 11) is 0. The SMILES string of the molecule is C=C(Cl)CNC(=O)C(N)Cc1ccccc1.Cl. The lowest BCUT2D eigenvalue weighted by Crippen LogP contribution is -2.42. The number of carbonyl (C=O) groups excluding carboxylic acids is 1. The molecular weight excluding hydrogens is 259 g/mol. The summed E-state index contributed by atoms with van der Waals surface area (Å²) in [6.45, 7) is 3.73. The quantitative estimate of drug-likeness (QED) is 0.861. The first kappa shape index (κ1) is 16.0. The molecule has 3 N–H and O–H groups in total. The maximum atomic E-state index is 11.5. The van der Waals surface area contributed by atoms with Crippen molar-refractivity contribution in [3.63, 3.8) is 0 Å². The summed E-state index contributed by atoms with van der Waals surface area (Å²) in [5.41, 5.74) is 6.79. The van der Waals surface area contributed by atoms with Crippen LogP contribution in [0.25, 0.3) is 0 Å². The Hall–Kier alpha value is -1.03. The molecule has 94 valence electrons. The smallest absolute Gasteiger partial charge is 0.237 e. The number of halogens is 2. The topological polar surface area (TPSA) is 55.1 Å². The zero-order valence-electron chi connectivity index (χ0n) is 9.36. The Morgan fingerprint density at radius 1 is 1.41 bits per heavy atom. The van der Waals surface area contributed by atoms with Gasteiger partial charge in [-0.15, -0.1) is 12.4 Å². The van der Waals surface area contributed by atoms with Crippen molar-refractivity contribution in [2.45, 2.75) is 12.5 Å². The van der Waals surface area contributed by atoms with Crippen LogP contribution in [-0.4, -0.2) is 18.5 Å². The van der Waals surface area contributed by atoms with Gasteiger partial charge in [-0.05, 0) is 12.0 Å². The predicted molar refractivity (Wildman–Crippen MR) is 73.4 cm³/mol. The van der Waals surface area contributed by atoms with Crippen molar-refractivity contribution in [2.75, 3.05) is 6.54 Å². The summed E-state index contributed by atoms with van der Waals surface area (Å²) < 4.78 is 0. The van der Waals surface area contributed by atoms with Crippen molar-refractivity contribution in [1.29, 1.82) is 0 Å². The molecule has 0 spiro atoms. The van der Waals surface area contributed by atoms with Crippen molar-refractivity contribution in [3.05, 3.63) is 47.5 Å². The van der Waals surface area contributed by atoms with Gasteiger partial charge in [0.15, 0.2) is 0 Å². The Kier molecular flexibility index (Phi) is 7.63. The molecule has 17 heavy (non-hydrogen) atoms. The van der Waals surface area contributed by atoms with Crippen molar-refractivity contribution >= 4 is 29.9 Å². The summed E-state index contributed by atoms with van der Waals surface area (Å²) >= 11 is 5.54. The van der Waals surface area contributed by atoms with Crippen LogP contribution in [0.5, 0.6) is 0 Å². The summed E-state index contributed by atoms with van der Waals surface area (Å²) in [6.07, 6.45) is 0.515.